The number of hydrogen-bond donors (Lipinski definition) is 1. The zero-order valence-corrected chi connectivity index (χ0v) is 23.3. The van der Waals surface area contributed by atoms with Crippen molar-refractivity contribution >= 4 is 38.9 Å². The summed E-state index contributed by atoms with van der Waals surface area (Å²) in [5, 5.41) is 3.03. The number of methoxy groups -OCH3 is 2. The first-order valence-corrected chi connectivity index (χ1v) is 14.1. The van der Waals surface area contributed by atoms with E-state index in [0.717, 1.165) is 12.3 Å². The molecule has 0 saturated carbocycles. The topological polar surface area (TPSA) is 112 Å². The van der Waals surface area contributed by atoms with Gasteiger partial charge in [0.1, 0.15) is 11.6 Å². The van der Waals surface area contributed by atoms with Crippen molar-refractivity contribution in [3.8, 4) is 22.6 Å². The molecule has 1 N–H and O–H groups in total. The molecule has 0 radical (unpaired) electrons. The molecule has 4 rings (SSSR count). The van der Waals surface area contributed by atoms with Gasteiger partial charge in [0.2, 0.25) is 0 Å². The van der Waals surface area contributed by atoms with E-state index in [1.165, 1.54) is 56.8 Å². The summed E-state index contributed by atoms with van der Waals surface area (Å²) in [5.41, 5.74) is 0.761. The van der Waals surface area contributed by atoms with Gasteiger partial charge in [-0.15, -0.1) is 0 Å². The molecule has 1 amide bonds. The Balaban J connectivity index is 1.68. The number of pyridine rings is 1. The SMILES string of the molecule is COc1cc(CC(=O)c2ccc(-c3ccccc3S(C)(=O)=O)cc2F)c(C(=O)Nc2ccc(Cl)cn2)cc1OC. The molecular formula is C29H24ClFN2O6S. The number of ketones is 1. The van der Waals surface area contributed by atoms with Crippen molar-refractivity contribution in [2.24, 2.45) is 0 Å². The Bertz CT molecular complexity index is 1710. The number of benzene rings is 3. The molecule has 0 atom stereocenters. The van der Waals surface area contributed by atoms with E-state index in [4.69, 9.17) is 21.1 Å². The number of ether oxygens (including phenoxy) is 2. The smallest absolute Gasteiger partial charge is 0.257 e. The maximum atomic E-state index is 15.2. The van der Waals surface area contributed by atoms with Gasteiger partial charge in [-0.2, -0.15) is 0 Å². The molecule has 4 aromatic rings. The van der Waals surface area contributed by atoms with Gasteiger partial charge >= 0.3 is 0 Å². The Morgan fingerprint density at radius 1 is 0.950 bits per heavy atom. The number of hydrogen-bond acceptors (Lipinski definition) is 7. The molecule has 0 spiro atoms. The number of halogens is 2. The zero-order valence-electron chi connectivity index (χ0n) is 21.7. The lowest BCUT2D eigenvalue weighted by Crippen LogP contribution is -2.17. The number of carbonyl (C=O) groups is 2. The number of rotatable bonds is 9. The second-order valence-electron chi connectivity index (χ2n) is 8.74. The predicted octanol–water partition coefficient (Wildman–Crippen LogP) is 5.64. The highest BCUT2D eigenvalue weighted by Gasteiger charge is 2.22. The van der Waals surface area contributed by atoms with Crippen LogP contribution in [0.3, 0.4) is 0 Å². The highest BCUT2D eigenvalue weighted by Crippen LogP contribution is 2.33. The summed E-state index contributed by atoms with van der Waals surface area (Å²) in [6, 6.07) is 16.1. The van der Waals surface area contributed by atoms with E-state index >= 15 is 4.39 Å². The van der Waals surface area contributed by atoms with E-state index in [0.29, 0.717) is 16.1 Å². The van der Waals surface area contributed by atoms with Gasteiger partial charge in [-0.1, -0.05) is 35.9 Å². The highest BCUT2D eigenvalue weighted by atomic mass is 35.5. The summed E-state index contributed by atoms with van der Waals surface area (Å²) in [7, 11) is -0.755. The predicted molar refractivity (Wildman–Crippen MR) is 150 cm³/mol. The van der Waals surface area contributed by atoms with E-state index in [-0.39, 0.29) is 45.3 Å². The minimum Gasteiger partial charge on any atom is -0.493 e. The van der Waals surface area contributed by atoms with Crippen LogP contribution >= 0.6 is 11.6 Å². The van der Waals surface area contributed by atoms with Crippen LogP contribution in [0.4, 0.5) is 10.2 Å². The average Bonchev–Trinajstić information content (AvgIpc) is 2.93. The van der Waals surface area contributed by atoms with Crippen LogP contribution in [-0.2, 0) is 16.3 Å². The van der Waals surface area contributed by atoms with Gasteiger partial charge in [0.25, 0.3) is 5.91 Å². The number of carbonyl (C=O) groups excluding carboxylic acids is 2. The Morgan fingerprint density at radius 3 is 2.27 bits per heavy atom. The first-order chi connectivity index (χ1) is 19.0. The minimum atomic E-state index is -3.57. The second-order valence-corrected chi connectivity index (χ2v) is 11.2. The number of sulfone groups is 1. The van der Waals surface area contributed by atoms with Crippen LogP contribution in [0, 0.1) is 5.82 Å². The summed E-state index contributed by atoms with van der Waals surface area (Å²) < 4.78 is 50.3. The van der Waals surface area contributed by atoms with Crippen LogP contribution in [0.5, 0.6) is 11.5 Å². The fourth-order valence-electron chi connectivity index (χ4n) is 4.12. The molecule has 0 fully saturated rings. The van der Waals surface area contributed by atoms with E-state index in [2.05, 4.69) is 10.3 Å². The molecule has 40 heavy (non-hydrogen) atoms. The van der Waals surface area contributed by atoms with E-state index < -0.39 is 27.3 Å². The number of nitrogens with one attached hydrogen (secondary N) is 1. The summed E-state index contributed by atoms with van der Waals surface area (Å²) in [4.78, 5) is 30.5. The Morgan fingerprint density at radius 2 is 1.65 bits per heavy atom. The lowest BCUT2D eigenvalue weighted by Gasteiger charge is -2.15. The Kier molecular flexibility index (Phi) is 8.51. The molecule has 0 aliphatic carbocycles. The molecule has 11 heteroatoms. The fraction of sp³-hybridized carbons (Fsp3) is 0.138. The third kappa shape index (κ3) is 6.30. The van der Waals surface area contributed by atoms with Crippen molar-refractivity contribution < 1.29 is 31.9 Å². The first-order valence-electron chi connectivity index (χ1n) is 11.8. The standard InChI is InChI=1S/C29H24ClFN2O6S/c1-38-25-14-18(22(15-26(25)39-2)29(35)33-28-11-9-19(30)16-32-28)13-24(34)21-10-8-17(12-23(21)31)20-6-4-5-7-27(20)40(3,36)37/h4-12,14-16H,13H2,1-3H3,(H,32,33,35). The number of amides is 1. The summed E-state index contributed by atoms with van der Waals surface area (Å²) in [6.07, 6.45) is 2.10. The molecule has 8 nitrogen and oxygen atoms in total. The molecule has 0 bridgehead atoms. The van der Waals surface area contributed by atoms with Gasteiger partial charge in [0, 0.05) is 30.0 Å². The van der Waals surface area contributed by atoms with Gasteiger partial charge in [-0.25, -0.2) is 17.8 Å². The fourth-order valence-corrected chi connectivity index (χ4v) is 5.14. The average molecular weight is 583 g/mol. The van der Waals surface area contributed by atoms with Crippen LogP contribution in [0.25, 0.3) is 11.1 Å². The summed E-state index contributed by atoms with van der Waals surface area (Å²) >= 11 is 5.86. The number of Topliss-reactive ketones (excluding diaryl/α,β-unsaturated/α-hetero) is 1. The van der Waals surface area contributed by atoms with Crippen molar-refractivity contribution in [1.29, 1.82) is 0 Å². The quantitative estimate of drug-likeness (QED) is 0.254. The summed E-state index contributed by atoms with van der Waals surface area (Å²) in [5.74, 6) is -1.24. The molecule has 0 saturated heterocycles. The minimum absolute atomic E-state index is 0.0460. The van der Waals surface area contributed by atoms with Crippen molar-refractivity contribution in [1.82, 2.24) is 4.98 Å². The summed E-state index contributed by atoms with van der Waals surface area (Å²) in [6.45, 7) is 0. The highest BCUT2D eigenvalue weighted by molar-refractivity contribution is 7.90. The molecule has 0 aliphatic rings. The molecular weight excluding hydrogens is 559 g/mol. The van der Waals surface area contributed by atoms with E-state index in [1.807, 2.05) is 0 Å². The van der Waals surface area contributed by atoms with E-state index in [1.54, 1.807) is 24.3 Å². The molecule has 3 aromatic carbocycles. The van der Waals surface area contributed by atoms with Crippen molar-refractivity contribution in [3.05, 3.63) is 100 Å². The number of aromatic nitrogens is 1. The molecule has 206 valence electrons. The van der Waals surface area contributed by atoms with Crippen LogP contribution in [0.2, 0.25) is 5.02 Å². The maximum absolute atomic E-state index is 15.2. The molecule has 1 aromatic heterocycles. The normalized spacial score (nSPS) is 11.1. The van der Waals surface area contributed by atoms with Gasteiger partial charge < -0.3 is 14.8 Å². The van der Waals surface area contributed by atoms with Crippen LogP contribution in [0.15, 0.2) is 77.8 Å². The van der Waals surface area contributed by atoms with Gasteiger partial charge in [-0.3, -0.25) is 9.59 Å². The van der Waals surface area contributed by atoms with Gasteiger partial charge in [0.15, 0.2) is 27.1 Å². The largest absolute Gasteiger partial charge is 0.493 e. The van der Waals surface area contributed by atoms with Gasteiger partial charge in [0.05, 0.1) is 29.7 Å². The third-order valence-corrected chi connectivity index (χ3v) is 7.42. The second kappa shape index (κ2) is 11.8. The zero-order chi connectivity index (χ0) is 29.0. The Hall–Kier alpha value is -4.28. The van der Waals surface area contributed by atoms with Crippen molar-refractivity contribution in [3.63, 3.8) is 0 Å². The van der Waals surface area contributed by atoms with Gasteiger partial charge in [-0.05, 0) is 53.6 Å². The molecule has 0 aliphatic heterocycles. The molecule has 1 heterocycles. The lowest BCUT2D eigenvalue weighted by atomic mass is 9.95. The first kappa shape index (κ1) is 28.7. The van der Waals surface area contributed by atoms with Crippen molar-refractivity contribution in [2.75, 3.05) is 25.8 Å². The Labute approximate surface area is 235 Å². The maximum Gasteiger partial charge on any atom is 0.257 e. The monoisotopic (exact) mass is 582 g/mol. The number of nitrogens with zero attached hydrogens (tertiary/aromatic N) is 1. The number of anilines is 1. The van der Waals surface area contributed by atoms with Crippen molar-refractivity contribution in [2.45, 2.75) is 11.3 Å². The van der Waals surface area contributed by atoms with E-state index in [9.17, 15) is 18.0 Å². The lowest BCUT2D eigenvalue weighted by molar-refractivity contribution is 0.0988. The van der Waals surface area contributed by atoms with Crippen LogP contribution < -0.4 is 14.8 Å². The van der Waals surface area contributed by atoms with Crippen LogP contribution in [0.1, 0.15) is 26.3 Å². The molecule has 0 unspecified atom stereocenters. The van der Waals surface area contributed by atoms with Crippen LogP contribution in [-0.4, -0.2) is 45.6 Å². The third-order valence-electron chi connectivity index (χ3n) is 6.04.